The predicted molar refractivity (Wildman–Crippen MR) is 87.5 cm³/mol. The van der Waals surface area contributed by atoms with Crippen molar-refractivity contribution in [1.82, 2.24) is 19.5 Å². The molecule has 0 atom stereocenters. The zero-order valence-corrected chi connectivity index (χ0v) is 14.0. The van der Waals surface area contributed by atoms with Crippen LogP contribution in [0.25, 0.3) is 5.82 Å². The number of rotatable bonds is 4. The Hall–Kier alpha value is -2.85. The number of hydrogen-bond donors (Lipinski definition) is 1. The number of fused-ring (bicyclic) bond motifs is 1. The summed E-state index contributed by atoms with van der Waals surface area (Å²) in [6.45, 7) is 0.104. The van der Waals surface area contributed by atoms with Crippen molar-refractivity contribution < 1.29 is 17.9 Å². The first-order valence-electron chi connectivity index (χ1n) is 6.97. The molecule has 0 spiro atoms. The van der Waals surface area contributed by atoms with Crippen LogP contribution in [0.2, 0.25) is 5.28 Å². The molecular weight excluding hydrogens is 370 g/mol. The molecule has 128 valence electrons. The maximum absolute atomic E-state index is 12.7. The average Bonchev–Trinajstić information content (AvgIpc) is 3.23. The molecule has 2 aromatic heterocycles. The lowest BCUT2D eigenvalue weighted by Gasteiger charge is -2.10. The molecule has 0 fully saturated rings. The van der Waals surface area contributed by atoms with E-state index in [9.17, 15) is 8.42 Å². The quantitative estimate of drug-likeness (QED) is 0.689. The molecule has 25 heavy (non-hydrogen) atoms. The van der Waals surface area contributed by atoms with Crippen LogP contribution in [0.4, 0.5) is 5.69 Å². The number of aromatic nitrogens is 4. The Morgan fingerprint density at radius 3 is 2.88 bits per heavy atom. The van der Waals surface area contributed by atoms with E-state index >= 15 is 0 Å². The molecule has 11 heteroatoms. The number of halogens is 1. The summed E-state index contributed by atoms with van der Waals surface area (Å²) in [5, 5.41) is -0.0989. The van der Waals surface area contributed by atoms with Gasteiger partial charge < -0.3 is 9.47 Å². The summed E-state index contributed by atoms with van der Waals surface area (Å²) >= 11 is 5.77. The molecule has 1 aliphatic rings. The zero-order chi connectivity index (χ0) is 17.4. The Morgan fingerprint density at radius 2 is 2.04 bits per heavy atom. The van der Waals surface area contributed by atoms with Crippen LogP contribution < -0.4 is 14.2 Å². The zero-order valence-electron chi connectivity index (χ0n) is 12.5. The Balaban J connectivity index is 1.69. The number of nitrogens with one attached hydrogen (secondary N) is 1. The predicted octanol–water partition coefficient (Wildman–Crippen LogP) is 1.85. The lowest BCUT2D eigenvalue weighted by Crippen LogP contribution is -2.17. The molecule has 0 saturated carbocycles. The van der Waals surface area contributed by atoms with E-state index in [-0.39, 0.29) is 22.9 Å². The molecule has 0 bridgehead atoms. The maximum Gasteiger partial charge on any atom is 0.279 e. The summed E-state index contributed by atoms with van der Waals surface area (Å²) in [4.78, 5) is 11.7. The van der Waals surface area contributed by atoms with E-state index in [0.29, 0.717) is 17.2 Å². The second-order valence-electron chi connectivity index (χ2n) is 4.96. The van der Waals surface area contributed by atoms with Gasteiger partial charge in [-0.2, -0.15) is 13.4 Å². The number of sulfonamides is 1. The maximum atomic E-state index is 12.7. The number of anilines is 1. The van der Waals surface area contributed by atoms with Gasteiger partial charge in [0.05, 0.1) is 11.9 Å². The topological polar surface area (TPSA) is 108 Å². The first kappa shape index (κ1) is 15.7. The fourth-order valence-electron chi connectivity index (χ4n) is 2.28. The van der Waals surface area contributed by atoms with Gasteiger partial charge in [-0.05, 0) is 29.8 Å². The molecule has 0 radical (unpaired) electrons. The molecule has 0 unspecified atom stereocenters. The van der Waals surface area contributed by atoms with Crippen LogP contribution in [0, 0.1) is 0 Å². The van der Waals surface area contributed by atoms with E-state index in [2.05, 4.69) is 19.7 Å². The van der Waals surface area contributed by atoms with Gasteiger partial charge in [0.15, 0.2) is 16.5 Å². The van der Waals surface area contributed by atoms with Gasteiger partial charge in [-0.25, -0.2) is 9.97 Å². The fourth-order valence-corrected chi connectivity index (χ4v) is 3.57. The number of benzene rings is 1. The second kappa shape index (κ2) is 5.90. The normalized spacial score (nSPS) is 13.0. The van der Waals surface area contributed by atoms with Crippen molar-refractivity contribution in [2.45, 2.75) is 5.03 Å². The molecular formula is C14H10ClN5O4S. The summed E-state index contributed by atoms with van der Waals surface area (Å²) in [6, 6.07) is 6.27. The summed E-state index contributed by atoms with van der Waals surface area (Å²) in [6.07, 6.45) is 3.96. The SMILES string of the molecule is O=S(=O)(Nc1ccc2c(c1)OCO2)c1cncn1-c1ccnc(Cl)n1. The van der Waals surface area contributed by atoms with Crippen molar-refractivity contribution in [2.24, 2.45) is 0 Å². The first-order valence-corrected chi connectivity index (χ1v) is 8.83. The van der Waals surface area contributed by atoms with Crippen molar-refractivity contribution in [3.63, 3.8) is 0 Å². The molecule has 0 saturated heterocycles. The summed E-state index contributed by atoms with van der Waals surface area (Å²) < 4.78 is 39.7. The van der Waals surface area contributed by atoms with Crippen molar-refractivity contribution in [3.8, 4) is 17.3 Å². The highest BCUT2D eigenvalue weighted by atomic mass is 35.5. The third-order valence-electron chi connectivity index (χ3n) is 3.36. The van der Waals surface area contributed by atoms with Crippen LogP contribution in [-0.2, 0) is 10.0 Å². The molecule has 0 amide bonds. The van der Waals surface area contributed by atoms with Crippen molar-refractivity contribution in [3.05, 3.63) is 48.3 Å². The van der Waals surface area contributed by atoms with E-state index in [1.165, 1.54) is 29.4 Å². The van der Waals surface area contributed by atoms with Crippen molar-refractivity contribution in [2.75, 3.05) is 11.5 Å². The largest absolute Gasteiger partial charge is 0.454 e. The smallest absolute Gasteiger partial charge is 0.279 e. The second-order valence-corrected chi connectivity index (χ2v) is 6.93. The Labute approximate surface area is 147 Å². The third-order valence-corrected chi connectivity index (χ3v) is 4.90. The molecule has 0 aliphatic carbocycles. The van der Waals surface area contributed by atoms with Gasteiger partial charge in [-0.3, -0.25) is 9.29 Å². The van der Waals surface area contributed by atoms with E-state index in [1.807, 2.05) is 0 Å². The highest BCUT2D eigenvalue weighted by molar-refractivity contribution is 7.92. The molecule has 9 nitrogen and oxygen atoms in total. The van der Waals surface area contributed by atoms with E-state index < -0.39 is 10.0 Å². The fraction of sp³-hybridized carbons (Fsp3) is 0.0714. The van der Waals surface area contributed by atoms with Gasteiger partial charge in [0, 0.05) is 12.3 Å². The van der Waals surface area contributed by atoms with Crippen LogP contribution in [0.5, 0.6) is 11.5 Å². The van der Waals surface area contributed by atoms with Gasteiger partial charge in [0.2, 0.25) is 12.1 Å². The number of nitrogens with zero attached hydrogens (tertiary/aromatic N) is 4. The van der Waals surface area contributed by atoms with E-state index in [0.717, 1.165) is 0 Å². The van der Waals surface area contributed by atoms with Crippen LogP contribution >= 0.6 is 11.6 Å². The molecule has 4 rings (SSSR count). The molecule has 3 aromatic rings. The molecule has 3 heterocycles. The summed E-state index contributed by atoms with van der Waals surface area (Å²) in [5.41, 5.74) is 0.331. The molecule has 1 aliphatic heterocycles. The highest BCUT2D eigenvalue weighted by Crippen LogP contribution is 2.34. The summed E-state index contributed by atoms with van der Waals surface area (Å²) in [5.74, 6) is 1.31. The van der Waals surface area contributed by atoms with Gasteiger partial charge in [-0.15, -0.1) is 0 Å². The van der Waals surface area contributed by atoms with Gasteiger partial charge >= 0.3 is 0 Å². The Morgan fingerprint density at radius 1 is 1.20 bits per heavy atom. The van der Waals surface area contributed by atoms with Gasteiger partial charge in [-0.1, -0.05) is 0 Å². The first-order chi connectivity index (χ1) is 12.0. The lowest BCUT2D eigenvalue weighted by atomic mass is 10.3. The average molecular weight is 380 g/mol. The highest BCUT2D eigenvalue weighted by Gasteiger charge is 2.22. The standard InChI is InChI=1S/C14H10ClN5O4S/c15-14-17-4-3-12(18-14)20-7-16-6-13(20)25(21,22)19-9-1-2-10-11(5-9)24-8-23-10/h1-7,19H,8H2. The summed E-state index contributed by atoms with van der Waals surface area (Å²) in [7, 11) is -3.93. The van der Waals surface area contributed by atoms with Crippen LogP contribution in [0.1, 0.15) is 0 Å². The molecule has 1 aromatic carbocycles. The minimum Gasteiger partial charge on any atom is -0.454 e. The van der Waals surface area contributed by atoms with Gasteiger partial charge in [0.25, 0.3) is 10.0 Å². The number of imidazole rings is 1. The van der Waals surface area contributed by atoms with E-state index in [4.69, 9.17) is 21.1 Å². The lowest BCUT2D eigenvalue weighted by molar-refractivity contribution is 0.174. The Kier molecular flexibility index (Phi) is 3.70. The Bertz CT molecular complexity index is 1050. The minimum absolute atomic E-state index is 0.00159. The minimum atomic E-state index is -3.93. The number of hydrogen-bond acceptors (Lipinski definition) is 7. The number of ether oxygens (including phenoxy) is 2. The van der Waals surface area contributed by atoms with Crippen LogP contribution in [-0.4, -0.2) is 34.7 Å². The van der Waals surface area contributed by atoms with Crippen LogP contribution in [0.15, 0.2) is 48.0 Å². The van der Waals surface area contributed by atoms with E-state index in [1.54, 1.807) is 18.2 Å². The van der Waals surface area contributed by atoms with Gasteiger partial charge in [0.1, 0.15) is 12.1 Å². The molecule has 1 N–H and O–H groups in total. The van der Waals surface area contributed by atoms with Crippen LogP contribution in [0.3, 0.4) is 0 Å². The third kappa shape index (κ3) is 2.96. The van der Waals surface area contributed by atoms with Crippen molar-refractivity contribution >= 4 is 27.3 Å². The van der Waals surface area contributed by atoms with Crippen molar-refractivity contribution in [1.29, 1.82) is 0 Å². The monoisotopic (exact) mass is 379 g/mol.